The van der Waals surface area contributed by atoms with Gasteiger partial charge in [0.15, 0.2) is 0 Å². The van der Waals surface area contributed by atoms with E-state index in [1.165, 1.54) is 5.01 Å². The molecule has 3 aliphatic rings. The van der Waals surface area contributed by atoms with Crippen LogP contribution in [-0.2, 0) is 13.0 Å². The molecule has 0 aromatic carbocycles. The van der Waals surface area contributed by atoms with Crippen molar-refractivity contribution in [2.45, 2.75) is 32.7 Å². The average Bonchev–Trinajstić information content (AvgIpc) is 3.37. The van der Waals surface area contributed by atoms with Gasteiger partial charge in [0.05, 0.1) is 16.7 Å². The standard InChI is InChI=1S/C24H32N8O2/c1-2-19-14-21-22(27-23(19)33)13-18(15-25-21)17-29-9-11-30(12-10-29)20-5-8-32(26-16-20)24(34)28-31-6-3-4-7-31/h5,8,13-16,26H,2-4,6-7,9-12,17H2,1H3,(H,27,33)(H,28,34). The Morgan fingerprint density at radius 2 is 1.91 bits per heavy atom. The number of aryl methyl sites for hydroxylation is 1. The molecule has 2 amide bonds. The number of hydrogen-bond donors (Lipinski definition) is 3. The molecule has 0 bridgehead atoms. The highest BCUT2D eigenvalue weighted by atomic mass is 16.2. The number of hydrogen-bond acceptors (Lipinski definition) is 7. The molecule has 0 atom stereocenters. The van der Waals surface area contributed by atoms with Crippen molar-refractivity contribution in [3.63, 3.8) is 0 Å². The lowest BCUT2D eigenvalue weighted by Gasteiger charge is -2.37. The Balaban J connectivity index is 1.12. The number of hydrazine groups is 2. The lowest BCUT2D eigenvalue weighted by atomic mass is 10.1. The fraction of sp³-hybridized carbons (Fsp3) is 0.458. The Kier molecular flexibility index (Phi) is 6.50. The van der Waals surface area contributed by atoms with Crippen LogP contribution in [0, 0.1) is 0 Å². The number of nitrogens with zero attached hydrogens (tertiary/aromatic N) is 5. The van der Waals surface area contributed by atoms with Gasteiger partial charge in [0, 0.05) is 70.0 Å². The van der Waals surface area contributed by atoms with Crippen molar-refractivity contribution in [3.05, 3.63) is 64.0 Å². The van der Waals surface area contributed by atoms with Crippen molar-refractivity contribution in [2.24, 2.45) is 0 Å². The number of aromatic amines is 1. The summed E-state index contributed by atoms with van der Waals surface area (Å²) in [6.45, 7) is 8.23. The molecule has 0 saturated carbocycles. The van der Waals surface area contributed by atoms with Crippen LogP contribution in [0.1, 0.15) is 30.9 Å². The Hall–Kier alpha value is -3.37. The number of H-pyrrole nitrogens is 1. The first-order chi connectivity index (χ1) is 16.6. The van der Waals surface area contributed by atoms with Crippen LogP contribution in [0.3, 0.4) is 0 Å². The molecule has 5 rings (SSSR count). The summed E-state index contributed by atoms with van der Waals surface area (Å²) in [5.74, 6) is 0. The quantitative estimate of drug-likeness (QED) is 0.617. The Bertz CT molecular complexity index is 1160. The Morgan fingerprint density at radius 1 is 1.12 bits per heavy atom. The van der Waals surface area contributed by atoms with Gasteiger partial charge in [0.1, 0.15) is 0 Å². The molecule has 10 heteroatoms. The molecule has 0 unspecified atom stereocenters. The number of urea groups is 1. The third kappa shape index (κ3) is 4.92. The molecule has 0 radical (unpaired) electrons. The Morgan fingerprint density at radius 3 is 2.62 bits per heavy atom. The van der Waals surface area contributed by atoms with E-state index in [0.29, 0.717) is 6.42 Å². The maximum atomic E-state index is 12.4. The second-order valence-electron chi connectivity index (χ2n) is 9.01. The van der Waals surface area contributed by atoms with E-state index in [-0.39, 0.29) is 11.6 Å². The van der Waals surface area contributed by atoms with Gasteiger partial charge in [0.25, 0.3) is 5.56 Å². The SMILES string of the molecule is CCc1cc2ncc(CN3CCN(C4=CNN(C(=O)NN5CCCC5)C=C4)CC3)cc2[nH]c1=O. The van der Waals surface area contributed by atoms with Crippen molar-refractivity contribution in [3.8, 4) is 0 Å². The molecule has 3 aliphatic heterocycles. The third-order valence-corrected chi connectivity index (χ3v) is 6.67. The number of pyridine rings is 2. The molecule has 5 heterocycles. The van der Waals surface area contributed by atoms with E-state index >= 15 is 0 Å². The van der Waals surface area contributed by atoms with Crippen molar-refractivity contribution >= 4 is 17.1 Å². The zero-order chi connectivity index (χ0) is 23.5. The van der Waals surface area contributed by atoms with Crippen molar-refractivity contribution < 1.29 is 4.79 Å². The smallest absolute Gasteiger partial charge is 0.354 e. The number of piperazine rings is 1. The van der Waals surface area contributed by atoms with Gasteiger partial charge in [-0.1, -0.05) is 6.92 Å². The molecule has 180 valence electrons. The van der Waals surface area contributed by atoms with E-state index < -0.39 is 0 Å². The molecule has 0 spiro atoms. The number of allylic oxidation sites excluding steroid dienone is 1. The molecule has 34 heavy (non-hydrogen) atoms. The van der Waals surface area contributed by atoms with Gasteiger partial charge in [-0.25, -0.2) is 14.8 Å². The van der Waals surface area contributed by atoms with Gasteiger partial charge in [-0.05, 0) is 43.0 Å². The predicted octanol–water partition coefficient (Wildman–Crippen LogP) is 1.50. The van der Waals surface area contributed by atoms with E-state index in [1.807, 2.05) is 42.5 Å². The maximum Gasteiger partial charge on any atom is 0.354 e. The molecule has 2 fully saturated rings. The van der Waals surface area contributed by atoms with Crippen LogP contribution in [0.2, 0.25) is 0 Å². The summed E-state index contributed by atoms with van der Waals surface area (Å²) >= 11 is 0. The minimum Gasteiger partial charge on any atom is -0.368 e. The second-order valence-corrected chi connectivity index (χ2v) is 9.01. The van der Waals surface area contributed by atoms with Gasteiger partial charge in [-0.3, -0.25) is 25.5 Å². The molecule has 10 nitrogen and oxygen atoms in total. The predicted molar refractivity (Wildman–Crippen MR) is 130 cm³/mol. The van der Waals surface area contributed by atoms with Crippen LogP contribution in [0.25, 0.3) is 11.0 Å². The number of nitrogens with one attached hydrogen (secondary N) is 3. The van der Waals surface area contributed by atoms with Crippen LogP contribution in [0.4, 0.5) is 4.79 Å². The van der Waals surface area contributed by atoms with Crippen LogP contribution < -0.4 is 16.4 Å². The van der Waals surface area contributed by atoms with Gasteiger partial charge in [-0.15, -0.1) is 0 Å². The van der Waals surface area contributed by atoms with Crippen LogP contribution >= 0.6 is 0 Å². The van der Waals surface area contributed by atoms with Crippen molar-refractivity contribution in [1.82, 2.24) is 40.6 Å². The van der Waals surface area contributed by atoms with Gasteiger partial charge < -0.3 is 9.88 Å². The largest absolute Gasteiger partial charge is 0.368 e. The monoisotopic (exact) mass is 464 g/mol. The van der Waals surface area contributed by atoms with E-state index in [1.54, 1.807) is 6.20 Å². The van der Waals surface area contributed by atoms with E-state index in [4.69, 9.17) is 0 Å². The number of rotatable bonds is 5. The number of carbonyl (C=O) groups excluding carboxylic acids is 1. The highest BCUT2D eigenvalue weighted by Crippen LogP contribution is 2.17. The zero-order valence-corrected chi connectivity index (χ0v) is 19.6. The van der Waals surface area contributed by atoms with E-state index in [2.05, 4.69) is 30.6 Å². The summed E-state index contributed by atoms with van der Waals surface area (Å²) < 4.78 is 0. The van der Waals surface area contributed by atoms with E-state index in [9.17, 15) is 9.59 Å². The van der Waals surface area contributed by atoms with Crippen molar-refractivity contribution in [2.75, 3.05) is 39.3 Å². The third-order valence-electron chi connectivity index (χ3n) is 6.67. The van der Waals surface area contributed by atoms with Crippen LogP contribution in [0.5, 0.6) is 0 Å². The normalized spacial score (nSPS) is 19.4. The van der Waals surface area contributed by atoms with Gasteiger partial charge in [-0.2, -0.15) is 0 Å². The second kappa shape index (κ2) is 9.86. The first-order valence-corrected chi connectivity index (χ1v) is 12.1. The van der Waals surface area contributed by atoms with Crippen LogP contribution in [0.15, 0.2) is 47.3 Å². The summed E-state index contributed by atoms with van der Waals surface area (Å²) in [6, 6.07) is 3.75. The summed E-state index contributed by atoms with van der Waals surface area (Å²) in [6.07, 6.45) is 10.5. The molecule has 2 saturated heterocycles. The van der Waals surface area contributed by atoms with E-state index in [0.717, 1.165) is 86.5 Å². The molecule has 3 N–H and O–H groups in total. The molecule has 0 aliphatic carbocycles. The summed E-state index contributed by atoms with van der Waals surface area (Å²) in [4.78, 5) is 36.8. The first kappa shape index (κ1) is 22.4. The molecular formula is C24H32N8O2. The number of carbonyl (C=O) groups is 1. The maximum absolute atomic E-state index is 12.4. The van der Waals surface area contributed by atoms with Crippen LogP contribution in [-0.4, -0.2) is 75.1 Å². The Labute approximate surface area is 198 Å². The highest BCUT2D eigenvalue weighted by molar-refractivity contribution is 5.75. The first-order valence-electron chi connectivity index (χ1n) is 12.1. The zero-order valence-electron chi connectivity index (χ0n) is 19.6. The lowest BCUT2D eigenvalue weighted by Crippen LogP contribution is -2.51. The minimum absolute atomic E-state index is 0.0305. The van der Waals surface area contributed by atoms with Crippen molar-refractivity contribution in [1.29, 1.82) is 0 Å². The molecular weight excluding hydrogens is 432 g/mol. The highest BCUT2D eigenvalue weighted by Gasteiger charge is 2.22. The number of aromatic nitrogens is 2. The molecule has 2 aromatic rings. The summed E-state index contributed by atoms with van der Waals surface area (Å²) in [7, 11) is 0. The minimum atomic E-state index is -0.172. The number of amides is 2. The van der Waals surface area contributed by atoms with Gasteiger partial charge in [0.2, 0.25) is 0 Å². The average molecular weight is 465 g/mol. The fourth-order valence-electron chi connectivity index (χ4n) is 4.66. The number of fused-ring (bicyclic) bond motifs is 1. The molecule has 2 aromatic heterocycles. The summed E-state index contributed by atoms with van der Waals surface area (Å²) in [5.41, 5.74) is 10.5. The lowest BCUT2D eigenvalue weighted by molar-refractivity contribution is 0.149. The van der Waals surface area contributed by atoms with Gasteiger partial charge >= 0.3 is 6.03 Å². The topological polar surface area (TPSA) is 99.8 Å². The summed E-state index contributed by atoms with van der Waals surface area (Å²) in [5, 5.41) is 3.43. The fourth-order valence-corrected chi connectivity index (χ4v) is 4.66.